The number of hydrogen-bond donors (Lipinski definition) is 2. The molecule has 0 spiro atoms. The fourth-order valence-electron chi connectivity index (χ4n) is 2.07. The van der Waals surface area contributed by atoms with E-state index in [1.54, 1.807) is 24.3 Å². The number of esters is 1. The number of carbonyl (C=O) groups is 3. The van der Waals surface area contributed by atoms with Crippen LogP contribution in [0.3, 0.4) is 0 Å². The van der Waals surface area contributed by atoms with Crippen molar-refractivity contribution in [2.45, 2.75) is 20.0 Å². The van der Waals surface area contributed by atoms with Crippen molar-refractivity contribution < 1.29 is 23.9 Å². The summed E-state index contributed by atoms with van der Waals surface area (Å²) in [6.45, 7) is 3.83. The lowest BCUT2D eigenvalue weighted by atomic mass is 10.2. The fourth-order valence-corrected chi connectivity index (χ4v) is 2.07. The Morgan fingerprint density at radius 2 is 1.27 bits per heavy atom. The van der Waals surface area contributed by atoms with Crippen LogP contribution < -0.4 is 15.4 Å². The number of nitrogens with one attached hydrogen (secondary N) is 2. The van der Waals surface area contributed by atoms with Crippen LogP contribution in [0.2, 0.25) is 0 Å². The highest BCUT2D eigenvalue weighted by Crippen LogP contribution is 2.17. The van der Waals surface area contributed by atoms with E-state index in [4.69, 9.17) is 4.74 Å². The summed E-state index contributed by atoms with van der Waals surface area (Å²) >= 11 is 0. The highest BCUT2D eigenvalue weighted by atomic mass is 16.5. The van der Waals surface area contributed by atoms with Crippen LogP contribution in [-0.4, -0.2) is 31.0 Å². The van der Waals surface area contributed by atoms with Crippen molar-refractivity contribution in [3.63, 3.8) is 0 Å². The molecule has 0 bridgehead atoms. The Morgan fingerprint density at radius 3 is 1.69 bits per heavy atom. The van der Waals surface area contributed by atoms with Crippen molar-refractivity contribution in [1.82, 2.24) is 0 Å². The minimum absolute atomic E-state index is 0.0480. The molecule has 2 N–H and O–H groups in total. The highest BCUT2D eigenvalue weighted by Gasteiger charge is 2.14. The Balaban J connectivity index is 1.93. The molecule has 0 aliphatic rings. The third-order valence-electron chi connectivity index (χ3n) is 3.25. The van der Waals surface area contributed by atoms with Gasteiger partial charge in [0, 0.05) is 11.4 Å². The van der Waals surface area contributed by atoms with E-state index in [2.05, 4.69) is 15.4 Å². The van der Waals surface area contributed by atoms with Crippen molar-refractivity contribution in [2.24, 2.45) is 0 Å². The zero-order valence-corrected chi connectivity index (χ0v) is 14.7. The molecule has 2 aromatic rings. The highest BCUT2D eigenvalue weighted by molar-refractivity contribution is 6.43. The van der Waals surface area contributed by atoms with Gasteiger partial charge in [-0.3, -0.25) is 9.59 Å². The number of hydrogen-bond acceptors (Lipinski definition) is 5. The van der Waals surface area contributed by atoms with Gasteiger partial charge in [0.05, 0.1) is 18.8 Å². The van der Waals surface area contributed by atoms with Crippen LogP contribution >= 0.6 is 0 Å². The fraction of sp³-hybridized carbons (Fsp3) is 0.211. The molecule has 0 radical (unpaired) electrons. The first-order valence-corrected chi connectivity index (χ1v) is 7.96. The van der Waals surface area contributed by atoms with E-state index >= 15 is 0 Å². The van der Waals surface area contributed by atoms with Gasteiger partial charge in [0.15, 0.2) is 0 Å². The summed E-state index contributed by atoms with van der Waals surface area (Å²) in [7, 11) is 1.28. The monoisotopic (exact) mass is 356 g/mol. The molecule has 0 fully saturated rings. The van der Waals surface area contributed by atoms with Crippen molar-refractivity contribution in [3.8, 4) is 5.75 Å². The summed E-state index contributed by atoms with van der Waals surface area (Å²) in [5, 5.41) is 4.96. The maximum absolute atomic E-state index is 12.0. The van der Waals surface area contributed by atoms with E-state index in [0.717, 1.165) is 0 Å². The van der Waals surface area contributed by atoms with Crippen LogP contribution in [0.5, 0.6) is 5.75 Å². The van der Waals surface area contributed by atoms with Crippen LogP contribution in [0.15, 0.2) is 48.5 Å². The Bertz CT molecular complexity index is 783. The van der Waals surface area contributed by atoms with Gasteiger partial charge in [-0.05, 0) is 62.4 Å². The van der Waals surface area contributed by atoms with Crippen LogP contribution in [-0.2, 0) is 14.3 Å². The molecule has 0 aliphatic heterocycles. The molecular weight excluding hydrogens is 336 g/mol. The molecule has 0 saturated carbocycles. The second-order valence-electron chi connectivity index (χ2n) is 5.67. The van der Waals surface area contributed by atoms with Gasteiger partial charge in [0.2, 0.25) is 0 Å². The summed E-state index contributed by atoms with van der Waals surface area (Å²) < 4.78 is 10.1. The number of anilines is 2. The molecule has 2 amide bonds. The van der Waals surface area contributed by atoms with Gasteiger partial charge in [0.25, 0.3) is 0 Å². The molecule has 26 heavy (non-hydrogen) atoms. The zero-order valence-electron chi connectivity index (χ0n) is 14.7. The second-order valence-corrected chi connectivity index (χ2v) is 5.67. The average Bonchev–Trinajstić information content (AvgIpc) is 2.62. The van der Waals surface area contributed by atoms with E-state index < -0.39 is 17.8 Å². The molecule has 0 atom stereocenters. The Morgan fingerprint density at radius 1 is 0.808 bits per heavy atom. The summed E-state index contributed by atoms with van der Waals surface area (Å²) in [5.74, 6) is -1.43. The van der Waals surface area contributed by atoms with Gasteiger partial charge in [0.1, 0.15) is 5.75 Å². The van der Waals surface area contributed by atoms with E-state index in [0.29, 0.717) is 22.7 Å². The lowest BCUT2D eigenvalue weighted by Gasteiger charge is -2.10. The van der Waals surface area contributed by atoms with Gasteiger partial charge < -0.3 is 20.1 Å². The smallest absolute Gasteiger partial charge is 0.337 e. The topological polar surface area (TPSA) is 93.7 Å². The summed E-state index contributed by atoms with van der Waals surface area (Å²) in [6, 6.07) is 12.7. The minimum atomic E-state index is -0.821. The Hall–Kier alpha value is -3.35. The molecule has 7 nitrogen and oxygen atoms in total. The molecule has 0 aromatic heterocycles. The van der Waals surface area contributed by atoms with Crippen molar-refractivity contribution in [3.05, 3.63) is 54.1 Å². The first-order valence-electron chi connectivity index (χ1n) is 7.96. The van der Waals surface area contributed by atoms with Gasteiger partial charge in [-0.2, -0.15) is 0 Å². The summed E-state index contributed by atoms with van der Waals surface area (Å²) in [5.41, 5.74) is 1.21. The van der Waals surface area contributed by atoms with Crippen LogP contribution in [0.4, 0.5) is 11.4 Å². The average molecular weight is 356 g/mol. The molecule has 0 unspecified atom stereocenters. The van der Waals surface area contributed by atoms with Crippen LogP contribution in [0, 0.1) is 0 Å². The number of methoxy groups -OCH3 is 1. The quantitative estimate of drug-likeness (QED) is 0.635. The molecule has 2 rings (SSSR count). The predicted octanol–water partition coefficient (Wildman–Crippen LogP) is 2.84. The molecule has 2 aromatic carbocycles. The molecule has 7 heteroatoms. The lowest BCUT2D eigenvalue weighted by molar-refractivity contribution is -0.132. The number of amides is 2. The zero-order chi connectivity index (χ0) is 19.1. The van der Waals surface area contributed by atoms with E-state index in [1.165, 1.54) is 31.4 Å². The maximum atomic E-state index is 12.0. The molecule has 0 aliphatic carbocycles. The summed E-state index contributed by atoms with van der Waals surface area (Å²) in [6.07, 6.45) is 0.0480. The Kier molecular flexibility index (Phi) is 6.32. The third-order valence-corrected chi connectivity index (χ3v) is 3.25. The first kappa shape index (κ1) is 19.0. The number of rotatable bonds is 5. The van der Waals surface area contributed by atoms with Gasteiger partial charge >= 0.3 is 17.8 Å². The van der Waals surface area contributed by atoms with Crippen molar-refractivity contribution >= 4 is 29.2 Å². The number of ether oxygens (including phenoxy) is 2. The SMILES string of the molecule is COC(=O)c1ccc(NC(=O)C(=O)Nc2ccc(OC(C)C)cc2)cc1. The normalized spacial score (nSPS) is 10.2. The molecule has 136 valence electrons. The Labute approximate surface area is 151 Å². The van der Waals surface area contributed by atoms with E-state index in [1.807, 2.05) is 13.8 Å². The van der Waals surface area contributed by atoms with Crippen molar-refractivity contribution in [1.29, 1.82) is 0 Å². The van der Waals surface area contributed by atoms with Crippen molar-refractivity contribution in [2.75, 3.05) is 17.7 Å². The molecular formula is C19H20N2O5. The molecule has 0 heterocycles. The maximum Gasteiger partial charge on any atom is 0.337 e. The number of benzene rings is 2. The number of carbonyl (C=O) groups excluding carboxylic acids is 3. The van der Waals surface area contributed by atoms with Gasteiger partial charge in [-0.1, -0.05) is 0 Å². The largest absolute Gasteiger partial charge is 0.491 e. The molecule has 0 saturated heterocycles. The third kappa shape index (κ3) is 5.34. The van der Waals surface area contributed by atoms with Crippen LogP contribution in [0.1, 0.15) is 24.2 Å². The summed E-state index contributed by atoms with van der Waals surface area (Å²) in [4.78, 5) is 35.3. The minimum Gasteiger partial charge on any atom is -0.491 e. The van der Waals surface area contributed by atoms with E-state index in [-0.39, 0.29) is 6.10 Å². The first-order chi connectivity index (χ1) is 12.4. The second kappa shape index (κ2) is 8.66. The lowest BCUT2D eigenvalue weighted by Crippen LogP contribution is -2.29. The van der Waals surface area contributed by atoms with Gasteiger partial charge in [-0.15, -0.1) is 0 Å². The predicted molar refractivity (Wildman–Crippen MR) is 97.2 cm³/mol. The van der Waals surface area contributed by atoms with Crippen LogP contribution in [0.25, 0.3) is 0 Å². The van der Waals surface area contributed by atoms with E-state index in [9.17, 15) is 14.4 Å². The standard InChI is InChI=1S/C19H20N2O5/c1-12(2)26-16-10-8-15(9-11-16)21-18(23)17(22)20-14-6-4-13(5-7-14)19(24)25-3/h4-12H,1-3H3,(H,20,22)(H,21,23). The van der Waals surface area contributed by atoms with Gasteiger partial charge in [-0.25, -0.2) is 4.79 Å².